The minimum absolute atomic E-state index is 0.640. The fourth-order valence-electron chi connectivity index (χ4n) is 2.54. The Labute approximate surface area is 154 Å². The van der Waals surface area contributed by atoms with E-state index in [1.54, 1.807) is 6.20 Å². The van der Waals surface area contributed by atoms with Gasteiger partial charge in [-0.25, -0.2) is 4.99 Å². The van der Waals surface area contributed by atoms with E-state index in [9.17, 15) is 0 Å². The van der Waals surface area contributed by atoms with Crippen molar-refractivity contribution in [2.45, 2.75) is 26.4 Å². The Hall–Kier alpha value is -3.08. The number of benzene rings is 2. The molecule has 0 unspecified atom stereocenters. The van der Waals surface area contributed by atoms with Crippen molar-refractivity contribution in [1.29, 1.82) is 0 Å². The fourth-order valence-corrected chi connectivity index (χ4v) is 2.54. The van der Waals surface area contributed by atoms with Gasteiger partial charge in [0, 0.05) is 31.2 Å². The molecule has 0 aliphatic heterocycles. The van der Waals surface area contributed by atoms with E-state index >= 15 is 0 Å². The molecule has 5 nitrogen and oxygen atoms in total. The average molecular weight is 347 g/mol. The first-order valence-electron chi connectivity index (χ1n) is 8.93. The van der Waals surface area contributed by atoms with Gasteiger partial charge >= 0.3 is 0 Å². The Morgan fingerprint density at radius 3 is 2.58 bits per heavy atom. The number of aromatic nitrogens is 2. The number of aryl methyl sites for hydroxylation is 2. The summed E-state index contributed by atoms with van der Waals surface area (Å²) in [5.41, 5.74) is 3.48. The fraction of sp³-hybridized carbons (Fsp3) is 0.238. The number of nitrogens with one attached hydrogen (secondary N) is 2. The van der Waals surface area contributed by atoms with Crippen molar-refractivity contribution < 1.29 is 0 Å². The number of aliphatic imine (C=N–C) groups is 1. The lowest BCUT2D eigenvalue weighted by Gasteiger charge is -2.13. The van der Waals surface area contributed by atoms with Gasteiger partial charge in [-0.05, 0) is 37.1 Å². The lowest BCUT2D eigenvalue weighted by molar-refractivity contribution is 0.572. The third kappa shape index (κ3) is 5.77. The van der Waals surface area contributed by atoms with Crippen LogP contribution < -0.4 is 10.6 Å². The molecule has 0 radical (unpaired) electrons. The number of hydrogen-bond acceptors (Lipinski definition) is 2. The largest absolute Gasteiger partial charge is 0.356 e. The van der Waals surface area contributed by atoms with E-state index in [-0.39, 0.29) is 0 Å². The van der Waals surface area contributed by atoms with Gasteiger partial charge in [-0.1, -0.05) is 48.0 Å². The lowest BCUT2D eigenvalue weighted by atomic mass is 10.1. The average Bonchev–Trinajstić information content (AvgIpc) is 3.18. The molecule has 134 valence electrons. The lowest BCUT2D eigenvalue weighted by Crippen LogP contribution is -2.32. The Kier molecular flexibility index (Phi) is 6.42. The molecule has 2 N–H and O–H groups in total. The molecule has 0 atom stereocenters. The molecule has 0 amide bonds. The van der Waals surface area contributed by atoms with Crippen molar-refractivity contribution in [1.82, 2.24) is 15.1 Å². The summed E-state index contributed by atoms with van der Waals surface area (Å²) in [7, 11) is 0. The van der Waals surface area contributed by atoms with Crippen LogP contribution in [0.15, 0.2) is 78.0 Å². The molecule has 26 heavy (non-hydrogen) atoms. The highest BCUT2D eigenvalue weighted by Crippen LogP contribution is 2.07. The Morgan fingerprint density at radius 1 is 1.04 bits per heavy atom. The molecule has 0 bridgehead atoms. The molecule has 2 aromatic carbocycles. The van der Waals surface area contributed by atoms with Crippen LogP contribution in [0.5, 0.6) is 0 Å². The zero-order chi connectivity index (χ0) is 18.0. The Morgan fingerprint density at radius 2 is 1.85 bits per heavy atom. The van der Waals surface area contributed by atoms with Gasteiger partial charge in [-0.3, -0.25) is 4.68 Å². The van der Waals surface area contributed by atoms with Crippen molar-refractivity contribution in [2.75, 3.05) is 11.9 Å². The highest BCUT2D eigenvalue weighted by molar-refractivity contribution is 5.93. The number of rotatable bonds is 7. The molecule has 1 aromatic heterocycles. The maximum absolute atomic E-state index is 4.73. The van der Waals surface area contributed by atoms with Crippen molar-refractivity contribution in [3.63, 3.8) is 0 Å². The predicted octanol–water partition coefficient (Wildman–Crippen LogP) is 3.84. The molecular formula is C21H25N5. The van der Waals surface area contributed by atoms with Gasteiger partial charge in [-0.2, -0.15) is 5.10 Å². The monoisotopic (exact) mass is 347 g/mol. The molecule has 1 heterocycles. The molecule has 0 saturated carbocycles. The normalized spacial score (nSPS) is 11.3. The second-order valence-corrected chi connectivity index (χ2v) is 6.19. The second kappa shape index (κ2) is 9.42. The van der Waals surface area contributed by atoms with E-state index in [2.05, 4.69) is 46.9 Å². The second-order valence-electron chi connectivity index (χ2n) is 6.19. The summed E-state index contributed by atoms with van der Waals surface area (Å²) in [5, 5.41) is 11.0. The van der Waals surface area contributed by atoms with Gasteiger partial charge in [-0.15, -0.1) is 0 Å². The highest BCUT2D eigenvalue weighted by atomic mass is 15.3. The summed E-state index contributed by atoms with van der Waals surface area (Å²) in [6.45, 7) is 4.45. The topological polar surface area (TPSA) is 54.2 Å². The molecule has 0 spiro atoms. The number of guanidine groups is 1. The van der Waals surface area contributed by atoms with Crippen LogP contribution in [0.1, 0.15) is 17.5 Å². The first-order chi connectivity index (χ1) is 12.8. The van der Waals surface area contributed by atoms with E-state index in [1.807, 2.05) is 47.3 Å². The van der Waals surface area contributed by atoms with E-state index in [0.717, 1.165) is 31.2 Å². The summed E-state index contributed by atoms with van der Waals surface area (Å²) in [4.78, 5) is 4.73. The molecule has 0 aliphatic rings. The Balaban J connectivity index is 1.58. The third-order valence-electron chi connectivity index (χ3n) is 3.99. The van der Waals surface area contributed by atoms with Crippen molar-refractivity contribution in [3.05, 3.63) is 84.2 Å². The van der Waals surface area contributed by atoms with E-state index in [1.165, 1.54) is 11.1 Å². The number of anilines is 1. The quantitative estimate of drug-likeness (QED) is 0.388. The van der Waals surface area contributed by atoms with Crippen molar-refractivity contribution >= 4 is 11.6 Å². The number of hydrogen-bond donors (Lipinski definition) is 2. The summed E-state index contributed by atoms with van der Waals surface area (Å²) in [5.74, 6) is 0.789. The van der Waals surface area contributed by atoms with Crippen molar-refractivity contribution in [3.8, 4) is 0 Å². The van der Waals surface area contributed by atoms with Gasteiger partial charge in [0.2, 0.25) is 0 Å². The Bertz CT molecular complexity index is 792. The molecule has 5 heteroatoms. The number of nitrogens with zero attached hydrogens (tertiary/aromatic N) is 3. The van der Waals surface area contributed by atoms with Crippen LogP contribution in [-0.2, 0) is 13.1 Å². The molecular weight excluding hydrogens is 322 g/mol. The van der Waals surface area contributed by atoms with Gasteiger partial charge in [0.25, 0.3) is 0 Å². The summed E-state index contributed by atoms with van der Waals surface area (Å²) < 4.78 is 1.94. The van der Waals surface area contributed by atoms with Crippen LogP contribution in [0.25, 0.3) is 0 Å². The van der Waals surface area contributed by atoms with E-state index in [4.69, 9.17) is 4.99 Å². The minimum atomic E-state index is 0.640. The van der Waals surface area contributed by atoms with Gasteiger partial charge < -0.3 is 10.6 Å². The minimum Gasteiger partial charge on any atom is -0.356 e. The standard InChI is InChI=1S/C21H25N5/c1-18-9-11-19(12-10-18)17-23-21(25-20-7-3-2-4-8-20)22-13-5-15-26-16-6-14-24-26/h2-4,6-12,14,16H,5,13,15,17H2,1H3,(H2,22,23,25). The van der Waals surface area contributed by atoms with E-state index in [0.29, 0.717) is 6.54 Å². The van der Waals surface area contributed by atoms with Gasteiger partial charge in [0.05, 0.1) is 6.54 Å². The van der Waals surface area contributed by atoms with Crippen LogP contribution in [0.2, 0.25) is 0 Å². The van der Waals surface area contributed by atoms with Crippen LogP contribution in [0.3, 0.4) is 0 Å². The summed E-state index contributed by atoms with van der Waals surface area (Å²) >= 11 is 0. The zero-order valence-corrected chi connectivity index (χ0v) is 15.1. The first kappa shape index (κ1) is 17.7. The predicted molar refractivity (Wildman–Crippen MR) is 107 cm³/mol. The van der Waals surface area contributed by atoms with Crippen molar-refractivity contribution in [2.24, 2.45) is 4.99 Å². The van der Waals surface area contributed by atoms with E-state index < -0.39 is 0 Å². The maximum atomic E-state index is 4.73. The van der Waals surface area contributed by atoms with Crippen LogP contribution >= 0.6 is 0 Å². The third-order valence-corrected chi connectivity index (χ3v) is 3.99. The maximum Gasteiger partial charge on any atom is 0.196 e. The smallest absolute Gasteiger partial charge is 0.196 e. The molecule has 0 fully saturated rings. The van der Waals surface area contributed by atoms with Gasteiger partial charge in [0.15, 0.2) is 5.96 Å². The first-order valence-corrected chi connectivity index (χ1v) is 8.93. The molecule has 0 aliphatic carbocycles. The zero-order valence-electron chi connectivity index (χ0n) is 15.1. The molecule has 3 aromatic rings. The molecule has 3 rings (SSSR count). The molecule has 0 saturated heterocycles. The van der Waals surface area contributed by atoms with Crippen LogP contribution in [0, 0.1) is 6.92 Å². The van der Waals surface area contributed by atoms with Crippen LogP contribution in [0.4, 0.5) is 5.69 Å². The SMILES string of the molecule is Cc1ccc(CN=C(NCCCn2cccn2)Nc2ccccc2)cc1. The van der Waals surface area contributed by atoms with Crippen LogP contribution in [-0.4, -0.2) is 22.3 Å². The highest BCUT2D eigenvalue weighted by Gasteiger charge is 2.01. The summed E-state index contributed by atoms with van der Waals surface area (Å²) in [6.07, 6.45) is 4.76. The number of para-hydroxylation sites is 1. The van der Waals surface area contributed by atoms with Gasteiger partial charge in [0.1, 0.15) is 0 Å². The summed E-state index contributed by atoms with van der Waals surface area (Å²) in [6, 6.07) is 20.5.